The van der Waals surface area contributed by atoms with Gasteiger partial charge in [-0.2, -0.15) is 0 Å². The molecule has 0 aliphatic carbocycles. The summed E-state index contributed by atoms with van der Waals surface area (Å²) in [6.45, 7) is 0. The van der Waals surface area contributed by atoms with Crippen molar-refractivity contribution in [2.75, 3.05) is 0 Å². The Bertz CT molecular complexity index is 970. The summed E-state index contributed by atoms with van der Waals surface area (Å²) in [5.41, 5.74) is 1.30. The van der Waals surface area contributed by atoms with Gasteiger partial charge in [-0.1, -0.05) is 23.2 Å². The van der Waals surface area contributed by atoms with Crippen LogP contribution in [0.4, 0.5) is 5.69 Å². The normalized spacial score (nSPS) is 11.2. The lowest BCUT2D eigenvalue weighted by Crippen LogP contribution is -2.41. The summed E-state index contributed by atoms with van der Waals surface area (Å²) in [5, 5.41) is 10.7. The molecule has 13 heteroatoms. The first kappa shape index (κ1) is 19.5. The van der Waals surface area contributed by atoms with Crippen LogP contribution in [0.3, 0.4) is 0 Å². The predicted octanol–water partition coefficient (Wildman–Crippen LogP) is 2.68. The maximum absolute atomic E-state index is 12.1. The van der Waals surface area contributed by atoms with Gasteiger partial charge in [-0.25, -0.2) is 13.4 Å². The molecular formula is C12H7BrCl2N4O5S. The number of aromatic nitrogens is 1. The van der Waals surface area contributed by atoms with E-state index in [4.69, 9.17) is 23.2 Å². The molecule has 1 aromatic carbocycles. The van der Waals surface area contributed by atoms with Crippen molar-refractivity contribution < 1.29 is 18.1 Å². The Hall–Kier alpha value is -1.79. The highest BCUT2D eigenvalue weighted by Gasteiger charge is 2.20. The minimum absolute atomic E-state index is 0.0662. The minimum Gasteiger partial charge on any atom is -0.273 e. The number of pyridine rings is 1. The smallest absolute Gasteiger partial charge is 0.273 e. The number of sulfonamides is 1. The second-order valence-corrected chi connectivity index (χ2v) is 7.73. The molecule has 1 heterocycles. The molecule has 2 N–H and O–H groups in total. The summed E-state index contributed by atoms with van der Waals surface area (Å²) in [4.78, 5) is 27.3. The molecule has 25 heavy (non-hydrogen) atoms. The lowest BCUT2D eigenvalue weighted by Gasteiger charge is -2.09. The van der Waals surface area contributed by atoms with Crippen LogP contribution in [0.25, 0.3) is 0 Å². The van der Waals surface area contributed by atoms with Gasteiger partial charge in [-0.3, -0.25) is 20.3 Å². The first-order valence-electron chi connectivity index (χ1n) is 6.19. The molecular weight excluding hydrogens is 463 g/mol. The van der Waals surface area contributed by atoms with E-state index in [-0.39, 0.29) is 25.1 Å². The topological polar surface area (TPSA) is 131 Å². The van der Waals surface area contributed by atoms with Gasteiger partial charge in [-0.05, 0) is 34.1 Å². The molecule has 0 spiro atoms. The molecule has 1 amide bonds. The lowest BCUT2D eigenvalue weighted by molar-refractivity contribution is -0.384. The van der Waals surface area contributed by atoms with Crippen LogP contribution in [0.1, 0.15) is 10.4 Å². The number of nitrogens with zero attached hydrogens (tertiary/aromatic N) is 2. The largest absolute Gasteiger partial charge is 0.288 e. The number of nitrogens with one attached hydrogen (secondary N) is 2. The van der Waals surface area contributed by atoms with Crippen LogP contribution < -0.4 is 10.3 Å². The molecule has 2 rings (SSSR count). The number of hydrogen-bond acceptors (Lipinski definition) is 6. The Labute approximate surface area is 159 Å². The number of carbonyl (C=O) groups is 1. The summed E-state index contributed by atoms with van der Waals surface area (Å²) in [5.74, 6) is -0.913. The third-order valence-corrected chi connectivity index (χ3v) is 5.45. The fraction of sp³-hybridized carbons (Fsp3) is 0. The number of amides is 1. The highest BCUT2D eigenvalue weighted by molar-refractivity contribution is 9.10. The van der Waals surface area contributed by atoms with Gasteiger partial charge < -0.3 is 0 Å². The van der Waals surface area contributed by atoms with Gasteiger partial charge >= 0.3 is 0 Å². The third kappa shape index (κ3) is 4.64. The van der Waals surface area contributed by atoms with E-state index >= 15 is 0 Å². The van der Waals surface area contributed by atoms with Gasteiger partial charge in [0.1, 0.15) is 15.1 Å². The van der Waals surface area contributed by atoms with E-state index in [1.54, 1.807) is 0 Å². The quantitative estimate of drug-likeness (QED) is 0.393. The van der Waals surface area contributed by atoms with E-state index in [1.807, 2.05) is 10.3 Å². The molecule has 0 atom stereocenters. The standard InChI is InChI=1S/C12H7BrCl2N4O5S/c13-8-4-7(5-16-11(8)15)25(23,24)18-17-12(20)6-1-2-9(14)10(3-6)19(21)22/h1-5,18H,(H,17,20). The fourth-order valence-electron chi connectivity index (χ4n) is 1.59. The fourth-order valence-corrected chi connectivity index (χ4v) is 3.19. The Morgan fingerprint density at radius 2 is 1.96 bits per heavy atom. The highest BCUT2D eigenvalue weighted by Crippen LogP contribution is 2.25. The van der Waals surface area contributed by atoms with Crippen LogP contribution >= 0.6 is 39.1 Å². The van der Waals surface area contributed by atoms with Crippen LogP contribution in [0.5, 0.6) is 0 Å². The first-order valence-corrected chi connectivity index (χ1v) is 9.22. The summed E-state index contributed by atoms with van der Waals surface area (Å²) >= 11 is 14.4. The molecule has 132 valence electrons. The van der Waals surface area contributed by atoms with Crippen LogP contribution in [0.15, 0.2) is 39.8 Å². The molecule has 0 aliphatic heterocycles. The van der Waals surface area contributed by atoms with Crippen LogP contribution in [-0.4, -0.2) is 24.2 Å². The van der Waals surface area contributed by atoms with Crippen molar-refractivity contribution in [2.45, 2.75) is 4.90 Å². The monoisotopic (exact) mass is 468 g/mol. The molecule has 0 saturated carbocycles. The van der Waals surface area contributed by atoms with Crippen LogP contribution in [0, 0.1) is 10.1 Å². The van der Waals surface area contributed by atoms with Crippen molar-refractivity contribution in [1.82, 2.24) is 15.2 Å². The van der Waals surface area contributed by atoms with Crippen molar-refractivity contribution in [3.63, 3.8) is 0 Å². The zero-order chi connectivity index (χ0) is 18.8. The van der Waals surface area contributed by atoms with Crippen LogP contribution in [0.2, 0.25) is 10.2 Å². The van der Waals surface area contributed by atoms with Crippen molar-refractivity contribution in [2.24, 2.45) is 0 Å². The van der Waals surface area contributed by atoms with Gasteiger partial charge in [0.05, 0.1) is 9.40 Å². The third-order valence-electron chi connectivity index (χ3n) is 2.79. The summed E-state index contributed by atoms with van der Waals surface area (Å²) in [7, 11) is -4.13. The maximum Gasteiger partial charge on any atom is 0.288 e. The van der Waals surface area contributed by atoms with Crippen molar-refractivity contribution in [3.05, 3.63) is 60.8 Å². The van der Waals surface area contributed by atoms with Gasteiger partial charge in [-0.15, -0.1) is 4.83 Å². The number of benzene rings is 1. The molecule has 0 unspecified atom stereocenters. The summed E-state index contributed by atoms with van der Waals surface area (Å²) in [6.07, 6.45) is 0.995. The van der Waals surface area contributed by atoms with Crippen molar-refractivity contribution in [3.8, 4) is 0 Å². The molecule has 1 aromatic heterocycles. The Balaban J connectivity index is 2.17. The van der Waals surface area contributed by atoms with E-state index in [9.17, 15) is 23.3 Å². The molecule has 0 saturated heterocycles. The maximum atomic E-state index is 12.1. The molecule has 9 nitrogen and oxygen atoms in total. The Morgan fingerprint density at radius 1 is 1.28 bits per heavy atom. The van der Waals surface area contributed by atoms with Gasteiger partial charge in [0.25, 0.3) is 21.6 Å². The van der Waals surface area contributed by atoms with E-state index in [0.29, 0.717) is 0 Å². The Morgan fingerprint density at radius 3 is 2.56 bits per heavy atom. The van der Waals surface area contributed by atoms with Crippen molar-refractivity contribution >= 4 is 60.7 Å². The average Bonchev–Trinajstić information content (AvgIpc) is 2.55. The number of nitro groups is 1. The minimum atomic E-state index is -4.13. The second kappa shape index (κ2) is 7.62. The number of nitro benzene ring substituents is 1. The molecule has 0 radical (unpaired) electrons. The van der Waals surface area contributed by atoms with Gasteiger partial charge in [0.2, 0.25) is 0 Å². The number of rotatable bonds is 5. The molecule has 0 bridgehead atoms. The summed E-state index contributed by atoms with van der Waals surface area (Å²) < 4.78 is 24.5. The molecule has 0 aliphatic rings. The highest BCUT2D eigenvalue weighted by atomic mass is 79.9. The van der Waals surface area contributed by atoms with Crippen LogP contribution in [-0.2, 0) is 10.0 Å². The molecule has 0 fully saturated rings. The van der Waals surface area contributed by atoms with E-state index in [2.05, 4.69) is 20.9 Å². The zero-order valence-corrected chi connectivity index (χ0v) is 15.8. The van der Waals surface area contributed by atoms with Gasteiger partial charge in [0.15, 0.2) is 0 Å². The zero-order valence-electron chi connectivity index (χ0n) is 11.9. The molecule has 2 aromatic rings. The van der Waals surface area contributed by atoms with E-state index in [1.165, 1.54) is 12.1 Å². The lowest BCUT2D eigenvalue weighted by atomic mass is 10.2. The summed E-state index contributed by atoms with van der Waals surface area (Å²) in [6, 6.07) is 4.48. The predicted molar refractivity (Wildman–Crippen MR) is 92.8 cm³/mol. The average molecular weight is 470 g/mol. The number of hydrazine groups is 1. The van der Waals surface area contributed by atoms with Gasteiger partial charge in [0, 0.05) is 17.8 Å². The Kier molecular flexibility index (Phi) is 5.95. The van der Waals surface area contributed by atoms with E-state index in [0.717, 1.165) is 18.3 Å². The SMILES string of the molecule is O=C(NNS(=O)(=O)c1cnc(Cl)c(Br)c1)c1ccc(Cl)c([N+](=O)[O-])c1. The van der Waals surface area contributed by atoms with E-state index < -0.39 is 26.5 Å². The number of carbonyl (C=O) groups excluding carboxylic acids is 1. The number of hydrogen-bond donors (Lipinski definition) is 2. The second-order valence-electron chi connectivity index (χ2n) is 4.43. The first-order chi connectivity index (χ1) is 11.6. The van der Waals surface area contributed by atoms with Crippen molar-refractivity contribution in [1.29, 1.82) is 0 Å². The number of halogens is 3.